The minimum Gasteiger partial charge on any atom is -0.497 e. The fourth-order valence-electron chi connectivity index (χ4n) is 1.57. The number of esters is 2. The van der Waals surface area contributed by atoms with Gasteiger partial charge in [0, 0.05) is 12.5 Å². The number of rotatable bonds is 6. The van der Waals surface area contributed by atoms with Crippen molar-refractivity contribution in [2.75, 3.05) is 14.2 Å². The van der Waals surface area contributed by atoms with Gasteiger partial charge >= 0.3 is 11.9 Å². The maximum Gasteiger partial charge on any atom is 0.313 e. The molecule has 1 aromatic carbocycles. The van der Waals surface area contributed by atoms with Crippen LogP contribution in [0.25, 0.3) is 0 Å². The fourth-order valence-corrected chi connectivity index (χ4v) is 1.57. The molecular formula is C14H16O6. The van der Waals surface area contributed by atoms with Crippen LogP contribution in [0.15, 0.2) is 24.3 Å². The number of methoxy groups -OCH3 is 2. The second-order valence-corrected chi connectivity index (χ2v) is 3.98. The molecule has 0 aromatic heterocycles. The highest BCUT2D eigenvalue weighted by Gasteiger charge is 2.26. The summed E-state index contributed by atoms with van der Waals surface area (Å²) in [5, 5.41) is 0. The van der Waals surface area contributed by atoms with E-state index in [1.807, 2.05) is 0 Å². The molecular weight excluding hydrogens is 264 g/mol. The van der Waals surface area contributed by atoms with Gasteiger partial charge in [-0.1, -0.05) is 12.1 Å². The molecule has 0 saturated carbocycles. The largest absolute Gasteiger partial charge is 0.497 e. The predicted molar refractivity (Wildman–Crippen MR) is 69.1 cm³/mol. The van der Waals surface area contributed by atoms with E-state index in [0.29, 0.717) is 11.3 Å². The van der Waals surface area contributed by atoms with Crippen molar-refractivity contribution in [3.05, 3.63) is 29.8 Å². The van der Waals surface area contributed by atoms with E-state index < -0.39 is 30.2 Å². The lowest BCUT2D eigenvalue weighted by Crippen LogP contribution is -2.21. The molecule has 0 heterocycles. The zero-order chi connectivity index (χ0) is 15.1. The molecule has 108 valence electrons. The van der Waals surface area contributed by atoms with E-state index in [-0.39, 0.29) is 0 Å². The third-order valence-electron chi connectivity index (χ3n) is 2.54. The minimum atomic E-state index is -1.13. The van der Waals surface area contributed by atoms with Crippen LogP contribution in [0.1, 0.15) is 25.0 Å². The number of Topliss-reactive ketones (excluding diaryl/α,β-unsaturated/α-hetero) is 1. The van der Waals surface area contributed by atoms with Crippen LogP contribution in [0.4, 0.5) is 0 Å². The number of ether oxygens (including phenoxy) is 3. The molecule has 6 heteroatoms. The van der Waals surface area contributed by atoms with Crippen molar-refractivity contribution in [2.45, 2.75) is 19.4 Å². The lowest BCUT2D eigenvalue weighted by molar-refractivity contribution is -0.156. The first-order valence-corrected chi connectivity index (χ1v) is 5.88. The zero-order valence-electron chi connectivity index (χ0n) is 11.5. The van der Waals surface area contributed by atoms with Crippen molar-refractivity contribution in [2.24, 2.45) is 0 Å². The topological polar surface area (TPSA) is 78.9 Å². The van der Waals surface area contributed by atoms with Gasteiger partial charge in [0.15, 0.2) is 11.9 Å². The Morgan fingerprint density at radius 1 is 1.10 bits per heavy atom. The van der Waals surface area contributed by atoms with Crippen molar-refractivity contribution in [3.8, 4) is 5.75 Å². The second kappa shape index (κ2) is 7.28. The summed E-state index contributed by atoms with van der Waals surface area (Å²) in [6.45, 7) is 1.20. The highest BCUT2D eigenvalue weighted by Crippen LogP contribution is 2.23. The van der Waals surface area contributed by atoms with Gasteiger partial charge in [0.05, 0.1) is 14.2 Å². The number of ketones is 1. The minimum absolute atomic E-state index is 0.458. The summed E-state index contributed by atoms with van der Waals surface area (Å²) in [5.74, 6) is -1.22. The molecule has 0 spiro atoms. The van der Waals surface area contributed by atoms with Crippen LogP contribution in [-0.2, 0) is 23.9 Å². The summed E-state index contributed by atoms with van der Waals surface area (Å²) in [6, 6.07) is 6.47. The summed E-state index contributed by atoms with van der Waals surface area (Å²) in [6.07, 6.45) is -1.59. The Morgan fingerprint density at radius 2 is 1.70 bits per heavy atom. The van der Waals surface area contributed by atoms with Gasteiger partial charge in [-0.2, -0.15) is 0 Å². The van der Waals surface area contributed by atoms with Crippen molar-refractivity contribution >= 4 is 17.7 Å². The molecule has 1 rings (SSSR count). The van der Waals surface area contributed by atoms with Gasteiger partial charge in [-0.25, -0.2) is 0 Å². The highest BCUT2D eigenvalue weighted by atomic mass is 16.5. The molecule has 0 N–H and O–H groups in total. The Hall–Kier alpha value is -2.37. The van der Waals surface area contributed by atoms with E-state index in [4.69, 9.17) is 9.47 Å². The van der Waals surface area contributed by atoms with Gasteiger partial charge in [0.1, 0.15) is 12.2 Å². The molecule has 0 saturated heterocycles. The quantitative estimate of drug-likeness (QED) is 0.579. The predicted octanol–water partition coefficient (Wildman–Crippen LogP) is 1.43. The molecule has 0 aliphatic carbocycles. The first-order valence-electron chi connectivity index (χ1n) is 5.88. The molecule has 1 aromatic rings. The molecule has 0 amide bonds. The summed E-state index contributed by atoms with van der Waals surface area (Å²) < 4.78 is 14.4. The van der Waals surface area contributed by atoms with Crippen LogP contribution < -0.4 is 4.74 Å². The Balaban J connectivity index is 2.95. The average Bonchev–Trinajstić information content (AvgIpc) is 2.44. The monoisotopic (exact) mass is 280 g/mol. The van der Waals surface area contributed by atoms with Crippen molar-refractivity contribution in [1.82, 2.24) is 0 Å². The van der Waals surface area contributed by atoms with E-state index in [1.165, 1.54) is 21.1 Å². The molecule has 1 atom stereocenters. The van der Waals surface area contributed by atoms with Gasteiger partial charge in [-0.15, -0.1) is 0 Å². The maximum absolute atomic E-state index is 12.0. The highest BCUT2D eigenvalue weighted by molar-refractivity contribution is 5.99. The van der Waals surface area contributed by atoms with Crippen LogP contribution in [0.3, 0.4) is 0 Å². The summed E-state index contributed by atoms with van der Waals surface area (Å²) in [7, 11) is 2.70. The van der Waals surface area contributed by atoms with E-state index in [0.717, 1.165) is 0 Å². The average molecular weight is 280 g/mol. The second-order valence-electron chi connectivity index (χ2n) is 3.98. The fraction of sp³-hybridized carbons (Fsp3) is 0.357. The SMILES string of the molecule is COC(=O)CC(=O)C(OC(C)=O)c1ccc(OC)cc1. The third kappa shape index (κ3) is 4.38. The number of carbonyl (C=O) groups excluding carboxylic acids is 3. The van der Waals surface area contributed by atoms with Crippen LogP contribution in [0.2, 0.25) is 0 Å². The van der Waals surface area contributed by atoms with E-state index in [9.17, 15) is 14.4 Å². The van der Waals surface area contributed by atoms with Crippen LogP contribution >= 0.6 is 0 Å². The molecule has 0 radical (unpaired) electrons. The van der Waals surface area contributed by atoms with Gasteiger partial charge in [0.2, 0.25) is 0 Å². The summed E-state index contributed by atoms with van der Waals surface area (Å²) in [4.78, 5) is 34.2. The van der Waals surface area contributed by atoms with E-state index in [1.54, 1.807) is 24.3 Å². The Morgan fingerprint density at radius 3 is 2.15 bits per heavy atom. The van der Waals surface area contributed by atoms with Gasteiger partial charge in [-0.05, 0) is 12.1 Å². The lowest BCUT2D eigenvalue weighted by atomic mass is 10.0. The maximum atomic E-state index is 12.0. The molecule has 0 bridgehead atoms. The Bertz CT molecular complexity index is 491. The molecule has 0 aliphatic rings. The third-order valence-corrected chi connectivity index (χ3v) is 2.54. The van der Waals surface area contributed by atoms with Crippen LogP contribution in [-0.4, -0.2) is 31.9 Å². The first-order chi connectivity index (χ1) is 9.47. The molecule has 0 fully saturated rings. The number of carbonyl (C=O) groups is 3. The number of hydrogen-bond donors (Lipinski definition) is 0. The standard InChI is InChI=1S/C14H16O6/c1-9(15)20-14(12(16)8-13(17)19-3)10-4-6-11(18-2)7-5-10/h4-7,14H,8H2,1-3H3. The summed E-state index contributed by atoms with van der Waals surface area (Å²) >= 11 is 0. The van der Waals surface area contributed by atoms with Crippen molar-refractivity contribution in [1.29, 1.82) is 0 Å². The van der Waals surface area contributed by atoms with Crippen molar-refractivity contribution in [3.63, 3.8) is 0 Å². The normalized spacial score (nSPS) is 11.3. The molecule has 1 unspecified atom stereocenters. The Kier molecular flexibility index (Phi) is 5.71. The van der Waals surface area contributed by atoms with Gasteiger partial charge < -0.3 is 14.2 Å². The number of hydrogen-bond acceptors (Lipinski definition) is 6. The summed E-state index contributed by atoms with van der Waals surface area (Å²) in [5.41, 5.74) is 0.468. The van der Waals surface area contributed by atoms with Gasteiger partial charge in [0.25, 0.3) is 0 Å². The van der Waals surface area contributed by atoms with Gasteiger partial charge in [-0.3, -0.25) is 14.4 Å². The molecule has 0 aliphatic heterocycles. The van der Waals surface area contributed by atoms with Crippen LogP contribution in [0.5, 0.6) is 5.75 Å². The smallest absolute Gasteiger partial charge is 0.313 e. The molecule has 6 nitrogen and oxygen atoms in total. The lowest BCUT2D eigenvalue weighted by Gasteiger charge is -2.16. The van der Waals surface area contributed by atoms with Crippen LogP contribution in [0, 0.1) is 0 Å². The zero-order valence-corrected chi connectivity index (χ0v) is 11.5. The Labute approximate surface area is 116 Å². The van der Waals surface area contributed by atoms with E-state index >= 15 is 0 Å². The number of benzene rings is 1. The van der Waals surface area contributed by atoms with Crippen molar-refractivity contribution < 1.29 is 28.6 Å². The van der Waals surface area contributed by atoms with E-state index in [2.05, 4.69) is 4.74 Å². The molecule has 20 heavy (non-hydrogen) atoms. The first kappa shape index (κ1) is 15.7.